The molecule has 0 saturated carbocycles. The first-order chi connectivity index (χ1) is 8.05. The van der Waals surface area contributed by atoms with Gasteiger partial charge in [-0.3, -0.25) is 0 Å². The zero-order chi connectivity index (χ0) is 12.3. The Labute approximate surface area is 96.2 Å². The fraction of sp³-hybridized carbons (Fsp3) is 0.0769. The first-order valence-electron chi connectivity index (χ1n) is 4.93. The van der Waals surface area contributed by atoms with Crippen molar-refractivity contribution in [3.63, 3.8) is 0 Å². The van der Waals surface area contributed by atoms with E-state index in [9.17, 15) is 13.2 Å². The van der Waals surface area contributed by atoms with Gasteiger partial charge in [0.15, 0.2) is 0 Å². The predicted molar refractivity (Wildman–Crippen MR) is 59.1 cm³/mol. The van der Waals surface area contributed by atoms with Gasteiger partial charge in [-0.1, -0.05) is 24.3 Å². The van der Waals surface area contributed by atoms with Gasteiger partial charge in [-0.05, 0) is 23.8 Å². The Balaban J connectivity index is 2.23. The molecule has 0 aliphatic rings. The fourth-order valence-electron chi connectivity index (χ4n) is 1.38. The van der Waals surface area contributed by atoms with Gasteiger partial charge < -0.3 is 4.42 Å². The Bertz CT molecular complexity index is 510. The number of hydrogen-bond acceptors (Lipinski definition) is 1. The first-order valence-corrected chi connectivity index (χ1v) is 4.93. The number of alkyl halides is 3. The second-order valence-corrected chi connectivity index (χ2v) is 3.51. The molecule has 1 nitrogen and oxygen atoms in total. The molecule has 88 valence electrons. The molecule has 2 rings (SSSR count). The molecule has 0 bridgehead atoms. The summed E-state index contributed by atoms with van der Waals surface area (Å²) in [5, 5.41) is 0. The van der Waals surface area contributed by atoms with E-state index in [1.165, 1.54) is 18.6 Å². The van der Waals surface area contributed by atoms with Crippen LogP contribution < -0.4 is 0 Å². The fourth-order valence-corrected chi connectivity index (χ4v) is 1.38. The van der Waals surface area contributed by atoms with Gasteiger partial charge in [0.1, 0.15) is 0 Å². The summed E-state index contributed by atoms with van der Waals surface area (Å²) in [6.45, 7) is 0. The first kappa shape index (κ1) is 11.5. The number of halogens is 3. The van der Waals surface area contributed by atoms with Crippen molar-refractivity contribution in [2.45, 2.75) is 6.18 Å². The zero-order valence-electron chi connectivity index (χ0n) is 8.74. The van der Waals surface area contributed by atoms with Crippen molar-refractivity contribution in [1.82, 2.24) is 0 Å². The third-order valence-corrected chi connectivity index (χ3v) is 2.23. The maximum Gasteiger partial charge on any atom is 0.416 e. The van der Waals surface area contributed by atoms with Crippen molar-refractivity contribution < 1.29 is 17.6 Å². The van der Waals surface area contributed by atoms with Crippen LogP contribution in [0.1, 0.15) is 16.7 Å². The van der Waals surface area contributed by atoms with E-state index in [1.54, 1.807) is 24.3 Å². The molecule has 0 aliphatic carbocycles. The van der Waals surface area contributed by atoms with Gasteiger partial charge in [0.2, 0.25) is 0 Å². The highest BCUT2D eigenvalue weighted by Gasteiger charge is 2.30. The molecule has 17 heavy (non-hydrogen) atoms. The highest BCUT2D eigenvalue weighted by molar-refractivity contribution is 5.69. The smallest absolute Gasteiger partial charge is 0.416 e. The zero-order valence-corrected chi connectivity index (χ0v) is 8.74. The Hall–Kier alpha value is -1.97. The minimum atomic E-state index is -4.31. The maximum absolute atomic E-state index is 12.4. The normalized spacial score (nSPS) is 12.2. The Morgan fingerprint density at radius 1 is 1.00 bits per heavy atom. The van der Waals surface area contributed by atoms with Crippen molar-refractivity contribution >= 4 is 12.2 Å². The van der Waals surface area contributed by atoms with Crippen LogP contribution in [-0.2, 0) is 6.18 Å². The van der Waals surface area contributed by atoms with E-state index in [-0.39, 0.29) is 0 Å². The summed E-state index contributed by atoms with van der Waals surface area (Å²) in [7, 11) is 0. The Morgan fingerprint density at radius 3 is 2.41 bits per heavy atom. The van der Waals surface area contributed by atoms with Crippen molar-refractivity contribution in [3.8, 4) is 0 Å². The average Bonchev–Trinajstić information content (AvgIpc) is 2.78. The van der Waals surface area contributed by atoms with Crippen molar-refractivity contribution in [3.05, 3.63) is 59.5 Å². The molecular weight excluding hydrogens is 229 g/mol. The van der Waals surface area contributed by atoms with Gasteiger partial charge in [-0.2, -0.15) is 13.2 Å². The number of furan rings is 1. The van der Waals surface area contributed by atoms with Crippen LogP contribution in [0.5, 0.6) is 0 Å². The Kier molecular flexibility index (Phi) is 3.04. The molecule has 0 spiro atoms. The van der Waals surface area contributed by atoms with E-state index in [4.69, 9.17) is 4.42 Å². The molecule has 0 N–H and O–H groups in total. The SMILES string of the molecule is FC(F)(F)c1cccc(/C=C/c2ccoc2)c1. The standard InChI is InChI=1S/C13H9F3O/c14-13(15,16)12-3-1-2-10(8-12)4-5-11-6-7-17-9-11/h1-9H/b5-4+. The molecule has 1 aromatic heterocycles. The van der Waals surface area contributed by atoms with Crippen LogP contribution >= 0.6 is 0 Å². The van der Waals surface area contributed by atoms with Gasteiger partial charge in [0, 0.05) is 5.56 Å². The second-order valence-electron chi connectivity index (χ2n) is 3.51. The minimum Gasteiger partial charge on any atom is -0.472 e. The maximum atomic E-state index is 12.4. The van der Waals surface area contributed by atoms with Crippen molar-refractivity contribution in [1.29, 1.82) is 0 Å². The van der Waals surface area contributed by atoms with Gasteiger partial charge in [-0.25, -0.2) is 0 Å². The summed E-state index contributed by atoms with van der Waals surface area (Å²) < 4.78 is 42.2. The van der Waals surface area contributed by atoms with E-state index < -0.39 is 11.7 Å². The third kappa shape index (κ3) is 3.00. The van der Waals surface area contributed by atoms with E-state index in [0.29, 0.717) is 5.56 Å². The predicted octanol–water partition coefficient (Wildman–Crippen LogP) is 4.47. The van der Waals surface area contributed by atoms with Crippen molar-refractivity contribution in [2.24, 2.45) is 0 Å². The summed E-state index contributed by atoms with van der Waals surface area (Å²) in [6, 6.07) is 6.89. The molecule has 0 fully saturated rings. The number of hydrogen-bond donors (Lipinski definition) is 0. The minimum absolute atomic E-state index is 0.501. The van der Waals surface area contributed by atoms with Crippen LogP contribution in [0.4, 0.5) is 13.2 Å². The van der Waals surface area contributed by atoms with Crippen LogP contribution in [-0.4, -0.2) is 0 Å². The van der Waals surface area contributed by atoms with Gasteiger partial charge in [0.25, 0.3) is 0 Å². The van der Waals surface area contributed by atoms with Crippen LogP contribution in [0, 0.1) is 0 Å². The molecular formula is C13H9F3O. The van der Waals surface area contributed by atoms with Crippen LogP contribution in [0.15, 0.2) is 47.3 Å². The molecule has 0 unspecified atom stereocenters. The largest absolute Gasteiger partial charge is 0.472 e. The van der Waals surface area contributed by atoms with E-state index in [0.717, 1.165) is 17.7 Å². The molecule has 0 saturated heterocycles. The molecule has 1 aromatic carbocycles. The quantitative estimate of drug-likeness (QED) is 0.752. The lowest BCUT2D eigenvalue weighted by molar-refractivity contribution is -0.137. The lowest BCUT2D eigenvalue weighted by atomic mass is 10.1. The molecule has 0 amide bonds. The number of rotatable bonds is 2. The summed E-state index contributed by atoms with van der Waals surface area (Å²) in [6.07, 6.45) is 2.02. The molecule has 4 heteroatoms. The van der Waals surface area contributed by atoms with Crippen LogP contribution in [0.3, 0.4) is 0 Å². The van der Waals surface area contributed by atoms with Gasteiger partial charge in [0.05, 0.1) is 18.1 Å². The lowest BCUT2D eigenvalue weighted by Crippen LogP contribution is -2.04. The van der Waals surface area contributed by atoms with E-state index >= 15 is 0 Å². The van der Waals surface area contributed by atoms with E-state index in [2.05, 4.69) is 0 Å². The summed E-state index contributed by atoms with van der Waals surface area (Å²) in [5.74, 6) is 0. The topological polar surface area (TPSA) is 13.1 Å². The third-order valence-electron chi connectivity index (χ3n) is 2.23. The van der Waals surface area contributed by atoms with Crippen LogP contribution in [0.2, 0.25) is 0 Å². The summed E-state index contributed by atoms with van der Waals surface area (Å²) in [4.78, 5) is 0. The second kappa shape index (κ2) is 4.49. The lowest BCUT2D eigenvalue weighted by Gasteiger charge is -2.06. The average molecular weight is 238 g/mol. The molecule has 0 atom stereocenters. The molecule has 0 radical (unpaired) electrons. The van der Waals surface area contributed by atoms with Gasteiger partial charge >= 0.3 is 6.18 Å². The molecule has 1 heterocycles. The molecule has 0 aliphatic heterocycles. The summed E-state index contributed by atoms with van der Waals surface area (Å²) in [5.41, 5.74) is 0.662. The van der Waals surface area contributed by atoms with E-state index in [1.807, 2.05) is 0 Å². The highest BCUT2D eigenvalue weighted by Crippen LogP contribution is 2.29. The van der Waals surface area contributed by atoms with Gasteiger partial charge in [-0.15, -0.1) is 0 Å². The summed E-state index contributed by atoms with van der Waals surface area (Å²) >= 11 is 0. The molecule has 2 aromatic rings. The van der Waals surface area contributed by atoms with Crippen LogP contribution in [0.25, 0.3) is 12.2 Å². The highest BCUT2D eigenvalue weighted by atomic mass is 19.4. The Morgan fingerprint density at radius 2 is 1.76 bits per heavy atom. The van der Waals surface area contributed by atoms with Crippen molar-refractivity contribution in [2.75, 3.05) is 0 Å². The number of benzene rings is 1. The monoisotopic (exact) mass is 238 g/mol.